The number of hydrogen-bond acceptors (Lipinski definition) is 2. The molecule has 110 valence electrons. The molecule has 0 aliphatic heterocycles. The smallest absolute Gasteiger partial charge is 0.407 e. The van der Waals surface area contributed by atoms with Gasteiger partial charge in [-0.2, -0.15) is 0 Å². The first-order valence-electron chi connectivity index (χ1n) is 6.67. The molecule has 20 heavy (non-hydrogen) atoms. The number of benzene rings is 1. The third-order valence-electron chi connectivity index (χ3n) is 2.49. The molecular formula is C16H22FNO2. The van der Waals surface area contributed by atoms with Gasteiger partial charge < -0.3 is 10.1 Å². The predicted molar refractivity (Wildman–Crippen MR) is 79.0 cm³/mol. The summed E-state index contributed by atoms with van der Waals surface area (Å²) >= 11 is 0. The molecule has 1 N–H and O–H groups in total. The maximum Gasteiger partial charge on any atom is 0.407 e. The van der Waals surface area contributed by atoms with E-state index in [1.165, 1.54) is 6.07 Å². The number of halogens is 1. The number of alkyl carbamates (subject to hydrolysis) is 1. The van der Waals surface area contributed by atoms with Crippen LogP contribution in [-0.4, -0.2) is 18.2 Å². The van der Waals surface area contributed by atoms with Crippen LogP contribution in [0.5, 0.6) is 0 Å². The lowest BCUT2D eigenvalue weighted by atomic mass is 10.1. The summed E-state index contributed by atoms with van der Waals surface area (Å²) in [4.78, 5) is 11.4. The maximum absolute atomic E-state index is 13.3. The summed E-state index contributed by atoms with van der Waals surface area (Å²) in [6.07, 6.45) is 3.96. The van der Waals surface area contributed by atoms with E-state index >= 15 is 0 Å². The third kappa shape index (κ3) is 6.36. The van der Waals surface area contributed by atoms with Crippen molar-refractivity contribution in [1.82, 2.24) is 5.32 Å². The van der Waals surface area contributed by atoms with E-state index in [1.54, 1.807) is 13.0 Å². The van der Waals surface area contributed by atoms with Crippen LogP contribution in [0.2, 0.25) is 0 Å². The first-order chi connectivity index (χ1) is 9.28. The molecule has 3 nitrogen and oxygen atoms in total. The molecule has 0 saturated carbocycles. The van der Waals surface area contributed by atoms with Crippen molar-refractivity contribution >= 4 is 12.2 Å². The van der Waals surface area contributed by atoms with Gasteiger partial charge in [-0.15, -0.1) is 0 Å². The second-order valence-corrected chi connectivity index (χ2v) is 5.63. The van der Waals surface area contributed by atoms with E-state index < -0.39 is 11.7 Å². The highest BCUT2D eigenvalue weighted by Gasteiger charge is 2.15. The van der Waals surface area contributed by atoms with Crippen molar-refractivity contribution in [2.45, 2.75) is 39.7 Å². The molecular weight excluding hydrogens is 257 g/mol. The van der Waals surface area contributed by atoms with Crippen molar-refractivity contribution in [3.63, 3.8) is 0 Å². The highest BCUT2D eigenvalue weighted by molar-refractivity contribution is 5.67. The molecule has 0 bridgehead atoms. The highest BCUT2D eigenvalue weighted by Crippen LogP contribution is 2.10. The van der Waals surface area contributed by atoms with Crippen LogP contribution in [-0.2, 0) is 4.74 Å². The Hall–Kier alpha value is -1.84. The van der Waals surface area contributed by atoms with E-state index in [9.17, 15) is 9.18 Å². The molecule has 0 fully saturated rings. The maximum atomic E-state index is 13.3. The Morgan fingerprint density at radius 2 is 2.10 bits per heavy atom. The normalized spacial score (nSPS) is 11.7. The van der Waals surface area contributed by atoms with Crippen LogP contribution in [0, 0.1) is 12.7 Å². The van der Waals surface area contributed by atoms with E-state index in [-0.39, 0.29) is 5.82 Å². The van der Waals surface area contributed by atoms with Crippen LogP contribution < -0.4 is 5.32 Å². The fraction of sp³-hybridized carbons (Fsp3) is 0.438. The number of rotatable bonds is 4. The summed E-state index contributed by atoms with van der Waals surface area (Å²) < 4.78 is 18.4. The van der Waals surface area contributed by atoms with Crippen LogP contribution in [0.3, 0.4) is 0 Å². The molecule has 0 spiro atoms. The largest absolute Gasteiger partial charge is 0.444 e. The van der Waals surface area contributed by atoms with Gasteiger partial charge in [-0.1, -0.05) is 24.3 Å². The second-order valence-electron chi connectivity index (χ2n) is 5.63. The van der Waals surface area contributed by atoms with Crippen LogP contribution in [0.15, 0.2) is 24.3 Å². The van der Waals surface area contributed by atoms with Gasteiger partial charge in [-0.3, -0.25) is 0 Å². The molecule has 0 heterocycles. The van der Waals surface area contributed by atoms with Gasteiger partial charge in [-0.25, -0.2) is 9.18 Å². The van der Waals surface area contributed by atoms with Crippen molar-refractivity contribution in [3.8, 4) is 0 Å². The molecule has 0 aromatic heterocycles. The minimum atomic E-state index is -0.487. The lowest BCUT2D eigenvalue weighted by Gasteiger charge is -2.19. The summed E-state index contributed by atoms with van der Waals surface area (Å²) in [6, 6.07) is 5.09. The molecule has 4 heteroatoms. The summed E-state index contributed by atoms with van der Waals surface area (Å²) in [5.41, 5.74) is 0.957. The van der Waals surface area contributed by atoms with Gasteiger partial charge >= 0.3 is 6.09 Å². The van der Waals surface area contributed by atoms with Crippen LogP contribution in [0.4, 0.5) is 9.18 Å². The Bertz CT molecular complexity index is 490. The molecule has 1 aromatic carbocycles. The van der Waals surface area contributed by atoms with Gasteiger partial charge in [0.15, 0.2) is 0 Å². The fourth-order valence-electron chi connectivity index (χ4n) is 1.50. The molecule has 1 aromatic rings. The number of carbonyl (C=O) groups is 1. The van der Waals surface area contributed by atoms with E-state index in [2.05, 4.69) is 5.32 Å². The summed E-state index contributed by atoms with van der Waals surface area (Å²) in [5.74, 6) is -0.209. The van der Waals surface area contributed by atoms with Crippen LogP contribution in [0.25, 0.3) is 6.08 Å². The van der Waals surface area contributed by atoms with Gasteiger partial charge in [0.2, 0.25) is 0 Å². The Kier molecular flexibility index (Phi) is 5.74. The molecule has 0 unspecified atom stereocenters. The molecule has 0 saturated heterocycles. The molecule has 1 rings (SSSR count). The number of aryl methyl sites for hydroxylation is 1. The third-order valence-corrected chi connectivity index (χ3v) is 2.49. The minimum Gasteiger partial charge on any atom is -0.444 e. The Morgan fingerprint density at radius 1 is 1.40 bits per heavy atom. The monoisotopic (exact) mass is 279 g/mol. The average Bonchev–Trinajstić information content (AvgIpc) is 2.31. The van der Waals surface area contributed by atoms with E-state index in [0.29, 0.717) is 18.5 Å². The summed E-state index contributed by atoms with van der Waals surface area (Å²) in [6.45, 7) is 7.67. The van der Waals surface area contributed by atoms with Crippen molar-refractivity contribution in [2.75, 3.05) is 6.54 Å². The predicted octanol–water partition coefficient (Wildman–Crippen LogP) is 4.06. The zero-order chi connectivity index (χ0) is 15.2. The molecule has 0 atom stereocenters. The van der Waals surface area contributed by atoms with Gasteiger partial charge in [-0.05, 0) is 51.3 Å². The lowest BCUT2D eigenvalue weighted by Crippen LogP contribution is -2.32. The minimum absolute atomic E-state index is 0.209. The van der Waals surface area contributed by atoms with Crippen LogP contribution >= 0.6 is 0 Å². The molecule has 1 amide bonds. The van der Waals surface area contributed by atoms with Crippen LogP contribution in [0.1, 0.15) is 38.3 Å². The standard InChI is InChI=1S/C16H22FNO2/c1-12-8-9-13(11-14(12)17)7-5-6-10-18-15(19)20-16(2,3)4/h5,7-9,11H,6,10H2,1-4H3,(H,18,19). The van der Waals surface area contributed by atoms with Crippen molar-refractivity contribution < 1.29 is 13.9 Å². The van der Waals surface area contributed by atoms with Gasteiger partial charge in [0, 0.05) is 6.54 Å². The van der Waals surface area contributed by atoms with Crippen molar-refractivity contribution in [2.24, 2.45) is 0 Å². The van der Waals surface area contributed by atoms with Gasteiger partial charge in [0.25, 0.3) is 0 Å². The van der Waals surface area contributed by atoms with Crippen molar-refractivity contribution in [3.05, 3.63) is 41.2 Å². The quantitative estimate of drug-likeness (QED) is 0.844. The molecule has 0 radical (unpaired) electrons. The van der Waals surface area contributed by atoms with Gasteiger partial charge in [0.05, 0.1) is 0 Å². The van der Waals surface area contributed by atoms with Crippen molar-refractivity contribution in [1.29, 1.82) is 0 Å². The topological polar surface area (TPSA) is 38.3 Å². The fourth-order valence-corrected chi connectivity index (χ4v) is 1.50. The first kappa shape index (κ1) is 16.2. The number of amides is 1. The summed E-state index contributed by atoms with van der Waals surface area (Å²) in [7, 11) is 0. The average molecular weight is 279 g/mol. The van der Waals surface area contributed by atoms with Gasteiger partial charge in [0.1, 0.15) is 11.4 Å². The molecule has 0 aliphatic rings. The molecule has 0 aliphatic carbocycles. The number of carbonyl (C=O) groups excluding carboxylic acids is 1. The van der Waals surface area contributed by atoms with E-state index in [1.807, 2.05) is 39.0 Å². The lowest BCUT2D eigenvalue weighted by molar-refractivity contribution is 0.0529. The first-order valence-corrected chi connectivity index (χ1v) is 6.67. The van der Waals surface area contributed by atoms with E-state index in [4.69, 9.17) is 4.74 Å². The highest BCUT2D eigenvalue weighted by atomic mass is 19.1. The zero-order valence-corrected chi connectivity index (χ0v) is 12.5. The number of ether oxygens (including phenoxy) is 1. The Balaban J connectivity index is 2.32. The SMILES string of the molecule is Cc1ccc(C=CCCNC(=O)OC(C)(C)C)cc1F. The number of hydrogen-bond donors (Lipinski definition) is 1. The number of nitrogens with one attached hydrogen (secondary N) is 1. The van der Waals surface area contributed by atoms with E-state index in [0.717, 1.165) is 5.56 Å². The Morgan fingerprint density at radius 3 is 2.70 bits per heavy atom. The zero-order valence-electron chi connectivity index (χ0n) is 12.5. The summed E-state index contributed by atoms with van der Waals surface area (Å²) in [5, 5.41) is 2.66. The second kappa shape index (κ2) is 7.08. The Labute approximate surface area is 119 Å².